The molecular weight excluding hydrogens is 244 g/mol. The normalized spacial score (nSPS) is 17.7. The van der Waals surface area contributed by atoms with Crippen LogP contribution in [0.5, 0.6) is 0 Å². The highest BCUT2D eigenvalue weighted by atomic mass is 16.7. The second kappa shape index (κ2) is 7.60. The minimum absolute atomic E-state index is 0.198. The predicted octanol–water partition coefficient (Wildman–Crippen LogP) is 1.74. The Labute approximate surface area is 115 Å². The molecule has 0 saturated carbocycles. The first-order valence-corrected chi connectivity index (χ1v) is 6.59. The highest BCUT2D eigenvalue weighted by Crippen LogP contribution is 2.20. The molecule has 2 atom stereocenters. The fraction of sp³-hybridized carbons (Fsp3) is 0.600. The van der Waals surface area contributed by atoms with Gasteiger partial charge in [-0.2, -0.15) is 0 Å². The Morgan fingerprint density at radius 3 is 1.89 bits per heavy atom. The van der Waals surface area contributed by atoms with Crippen LogP contribution in [0.15, 0.2) is 30.3 Å². The van der Waals surface area contributed by atoms with Crippen LogP contribution >= 0.6 is 0 Å². The monoisotopic (exact) mass is 268 g/mol. The number of rotatable bonds is 8. The molecule has 2 N–H and O–H groups in total. The van der Waals surface area contributed by atoms with Crippen LogP contribution in [-0.4, -0.2) is 41.4 Å². The molecule has 4 nitrogen and oxygen atoms in total. The molecule has 0 amide bonds. The summed E-state index contributed by atoms with van der Waals surface area (Å²) in [6.45, 7) is 5.55. The van der Waals surface area contributed by atoms with E-state index >= 15 is 0 Å². The van der Waals surface area contributed by atoms with Crippen molar-refractivity contribution in [3.63, 3.8) is 0 Å². The summed E-state index contributed by atoms with van der Waals surface area (Å²) in [6, 6.07) is 9.86. The molecule has 0 saturated heterocycles. The molecule has 0 bridgehead atoms. The maximum atomic E-state index is 9.33. The summed E-state index contributed by atoms with van der Waals surface area (Å²) in [5.74, 6) is -0.852. The number of hydrogen-bond donors (Lipinski definition) is 2. The van der Waals surface area contributed by atoms with Crippen LogP contribution in [-0.2, 0) is 15.9 Å². The number of hydrogen-bond acceptors (Lipinski definition) is 4. The maximum absolute atomic E-state index is 9.33. The van der Waals surface area contributed by atoms with Gasteiger partial charge in [0.15, 0.2) is 5.79 Å². The van der Waals surface area contributed by atoms with E-state index in [9.17, 15) is 10.2 Å². The first-order chi connectivity index (χ1) is 8.91. The van der Waals surface area contributed by atoms with Gasteiger partial charge < -0.3 is 19.7 Å². The Bertz CT molecular complexity index is 336. The first-order valence-electron chi connectivity index (χ1n) is 6.59. The third kappa shape index (κ3) is 6.68. The molecule has 0 aromatic heterocycles. The van der Waals surface area contributed by atoms with Crippen LogP contribution in [0.25, 0.3) is 0 Å². The lowest BCUT2D eigenvalue weighted by Gasteiger charge is -2.31. The third-order valence-corrected chi connectivity index (χ3v) is 2.63. The average Bonchev–Trinajstić information content (AvgIpc) is 2.36. The lowest BCUT2D eigenvalue weighted by molar-refractivity contribution is -0.241. The third-order valence-electron chi connectivity index (χ3n) is 2.63. The SMILES string of the molecule is CC(O)COC(C)(Cc1ccccc1)OCC(C)O. The Balaban J connectivity index is 2.67. The van der Waals surface area contributed by atoms with Crippen LogP contribution in [0.4, 0.5) is 0 Å². The fourth-order valence-corrected chi connectivity index (χ4v) is 1.70. The lowest BCUT2D eigenvalue weighted by atomic mass is 10.1. The van der Waals surface area contributed by atoms with Gasteiger partial charge in [0.25, 0.3) is 0 Å². The van der Waals surface area contributed by atoms with Crippen LogP contribution < -0.4 is 0 Å². The molecule has 2 unspecified atom stereocenters. The van der Waals surface area contributed by atoms with Gasteiger partial charge in [-0.05, 0) is 26.3 Å². The standard InChI is InChI=1S/C15H24O4/c1-12(16)10-18-15(3,19-11-13(2)17)9-14-7-5-4-6-8-14/h4-8,12-13,16-17H,9-11H2,1-3H3. The van der Waals surface area contributed by atoms with Crippen LogP contribution in [0.2, 0.25) is 0 Å². The molecule has 0 radical (unpaired) electrons. The van der Waals surface area contributed by atoms with E-state index in [0.717, 1.165) is 5.56 Å². The minimum atomic E-state index is -0.852. The quantitative estimate of drug-likeness (QED) is 0.705. The second-order valence-electron chi connectivity index (χ2n) is 5.12. The molecule has 0 aliphatic rings. The van der Waals surface area contributed by atoms with Gasteiger partial charge in [0.2, 0.25) is 0 Å². The molecule has 1 aromatic carbocycles. The number of benzene rings is 1. The first kappa shape index (κ1) is 16.1. The van der Waals surface area contributed by atoms with Crippen molar-refractivity contribution in [3.8, 4) is 0 Å². The van der Waals surface area contributed by atoms with Crippen molar-refractivity contribution in [3.05, 3.63) is 35.9 Å². The van der Waals surface area contributed by atoms with E-state index in [4.69, 9.17) is 9.47 Å². The smallest absolute Gasteiger partial charge is 0.169 e. The fourth-order valence-electron chi connectivity index (χ4n) is 1.70. The summed E-state index contributed by atoms with van der Waals surface area (Å²) in [5, 5.41) is 18.7. The van der Waals surface area contributed by atoms with Gasteiger partial charge in [0, 0.05) is 6.42 Å². The van der Waals surface area contributed by atoms with Crippen molar-refractivity contribution in [2.75, 3.05) is 13.2 Å². The van der Waals surface area contributed by atoms with E-state index < -0.39 is 18.0 Å². The molecule has 0 spiro atoms. The molecular formula is C15H24O4. The molecule has 1 aromatic rings. The summed E-state index contributed by atoms with van der Waals surface area (Å²) in [6.07, 6.45) is -0.539. The maximum Gasteiger partial charge on any atom is 0.169 e. The Hall–Kier alpha value is -0.940. The summed E-state index contributed by atoms with van der Waals surface area (Å²) in [5.41, 5.74) is 1.08. The van der Waals surface area contributed by atoms with E-state index in [0.29, 0.717) is 6.42 Å². The molecule has 0 heterocycles. The van der Waals surface area contributed by atoms with Gasteiger partial charge in [-0.25, -0.2) is 0 Å². The van der Waals surface area contributed by atoms with Crippen molar-refractivity contribution in [2.45, 2.75) is 45.2 Å². The van der Waals surface area contributed by atoms with Crippen molar-refractivity contribution in [2.24, 2.45) is 0 Å². The van der Waals surface area contributed by atoms with Crippen molar-refractivity contribution in [1.29, 1.82) is 0 Å². The zero-order chi connectivity index (χ0) is 14.3. The van der Waals surface area contributed by atoms with Gasteiger partial charge in [-0.1, -0.05) is 30.3 Å². The van der Waals surface area contributed by atoms with E-state index in [2.05, 4.69) is 0 Å². The highest BCUT2D eigenvalue weighted by molar-refractivity contribution is 5.16. The number of ether oxygens (including phenoxy) is 2. The lowest BCUT2D eigenvalue weighted by Crippen LogP contribution is -2.39. The van der Waals surface area contributed by atoms with Crippen molar-refractivity contribution < 1.29 is 19.7 Å². The molecule has 0 fully saturated rings. The average molecular weight is 268 g/mol. The number of aliphatic hydroxyl groups excluding tert-OH is 2. The second-order valence-corrected chi connectivity index (χ2v) is 5.12. The minimum Gasteiger partial charge on any atom is -0.391 e. The molecule has 4 heteroatoms. The summed E-state index contributed by atoms with van der Waals surface area (Å²) >= 11 is 0. The molecule has 1 rings (SSSR count). The summed E-state index contributed by atoms with van der Waals surface area (Å²) in [4.78, 5) is 0. The van der Waals surface area contributed by atoms with Crippen molar-refractivity contribution >= 4 is 0 Å². The van der Waals surface area contributed by atoms with E-state index in [1.54, 1.807) is 13.8 Å². The molecule has 0 aliphatic carbocycles. The zero-order valence-corrected chi connectivity index (χ0v) is 11.9. The largest absolute Gasteiger partial charge is 0.391 e. The summed E-state index contributed by atoms with van der Waals surface area (Å²) < 4.78 is 11.3. The summed E-state index contributed by atoms with van der Waals surface area (Å²) in [7, 11) is 0. The Morgan fingerprint density at radius 2 is 1.47 bits per heavy atom. The van der Waals surface area contributed by atoms with Gasteiger partial charge in [-0.3, -0.25) is 0 Å². The topological polar surface area (TPSA) is 58.9 Å². The van der Waals surface area contributed by atoms with Crippen LogP contribution in [0, 0.1) is 0 Å². The number of aliphatic hydroxyl groups is 2. The Kier molecular flexibility index (Phi) is 6.45. The Morgan fingerprint density at radius 1 is 1.00 bits per heavy atom. The molecule has 0 aliphatic heterocycles. The van der Waals surface area contributed by atoms with Gasteiger partial charge in [0.05, 0.1) is 25.4 Å². The van der Waals surface area contributed by atoms with E-state index in [-0.39, 0.29) is 13.2 Å². The molecule has 19 heavy (non-hydrogen) atoms. The van der Waals surface area contributed by atoms with Crippen LogP contribution in [0.1, 0.15) is 26.3 Å². The van der Waals surface area contributed by atoms with Gasteiger partial charge >= 0.3 is 0 Å². The zero-order valence-electron chi connectivity index (χ0n) is 11.9. The molecule has 108 valence electrons. The van der Waals surface area contributed by atoms with E-state index in [1.165, 1.54) is 0 Å². The van der Waals surface area contributed by atoms with Gasteiger partial charge in [-0.15, -0.1) is 0 Å². The van der Waals surface area contributed by atoms with Gasteiger partial charge in [0.1, 0.15) is 0 Å². The van der Waals surface area contributed by atoms with Crippen molar-refractivity contribution in [1.82, 2.24) is 0 Å². The highest BCUT2D eigenvalue weighted by Gasteiger charge is 2.27. The van der Waals surface area contributed by atoms with Crippen LogP contribution in [0.3, 0.4) is 0 Å². The van der Waals surface area contributed by atoms with E-state index in [1.807, 2.05) is 37.3 Å². The predicted molar refractivity (Wildman–Crippen MR) is 73.8 cm³/mol.